The largest absolute Gasteiger partial charge is 0.493 e. The highest BCUT2D eigenvalue weighted by atomic mass is 32.2. The van der Waals surface area contributed by atoms with E-state index in [0.29, 0.717) is 41.5 Å². The zero-order chi connectivity index (χ0) is 32.3. The second-order valence-corrected chi connectivity index (χ2v) is 12.2. The van der Waals surface area contributed by atoms with E-state index in [1.165, 1.54) is 50.3 Å². The van der Waals surface area contributed by atoms with Crippen LogP contribution in [0.25, 0.3) is 0 Å². The number of methoxy groups -OCH3 is 2. The molecule has 0 aromatic heterocycles. The molecule has 4 rings (SSSR count). The van der Waals surface area contributed by atoms with Gasteiger partial charge in [-0.15, -0.1) is 0 Å². The number of anilines is 2. The Hall–Kier alpha value is -4.72. The van der Waals surface area contributed by atoms with Gasteiger partial charge in [-0.25, -0.2) is 17.2 Å². The third-order valence-electron chi connectivity index (χ3n) is 7.23. The van der Waals surface area contributed by atoms with E-state index in [1.807, 2.05) is 0 Å². The standard InChI is InChI=1S/C30H32F2N4O7S/c1-16(37)34-18-8-10-27(44(4,40)41)20(13-18)24-6-5-11-36(24)30(39)28(17-7-9-25(42-2)26(12-17)43-3)35-23-14-19(29(33)38)21(31)15-22(23)32/h7-10,12-15,24,28,35H,5-6,11H2,1-4H3,(H2,33,38)(H,34,37)/t24-,28+/m1/s1. The molecule has 3 aromatic carbocycles. The fraction of sp³-hybridized carbons (Fsp3) is 0.300. The van der Waals surface area contributed by atoms with Crippen LogP contribution in [0, 0.1) is 11.6 Å². The molecule has 0 saturated carbocycles. The minimum atomic E-state index is -3.75. The lowest BCUT2D eigenvalue weighted by molar-refractivity contribution is -0.133. The lowest BCUT2D eigenvalue weighted by Crippen LogP contribution is -2.38. The van der Waals surface area contributed by atoms with Crippen LogP contribution in [0.3, 0.4) is 0 Å². The van der Waals surface area contributed by atoms with Crippen LogP contribution in [-0.4, -0.2) is 58.1 Å². The number of halogens is 2. The summed E-state index contributed by atoms with van der Waals surface area (Å²) >= 11 is 0. The number of nitrogens with two attached hydrogens (primary N) is 1. The van der Waals surface area contributed by atoms with E-state index >= 15 is 4.39 Å². The Bertz CT molecular complexity index is 1730. The molecule has 3 aromatic rings. The molecule has 11 nitrogen and oxygen atoms in total. The summed E-state index contributed by atoms with van der Waals surface area (Å²) in [6.45, 7) is 1.54. The Morgan fingerprint density at radius 2 is 1.70 bits per heavy atom. The van der Waals surface area contributed by atoms with Gasteiger partial charge in [0.2, 0.25) is 11.8 Å². The molecule has 0 aliphatic carbocycles. The van der Waals surface area contributed by atoms with E-state index in [-0.39, 0.29) is 28.8 Å². The van der Waals surface area contributed by atoms with Crippen molar-refractivity contribution in [2.45, 2.75) is 36.7 Å². The predicted molar refractivity (Wildman–Crippen MR) is 158 cm³/mol. The molecule has 3 amide bonds. The van der Waals surface area contributed by atoms with Gasteiger partial charge in [0.05, 0.1) is 36.4 Å². The van der Waals surface area contributed by atoms with Crippen molar-refractivity contribution in [2.75, 3.05) is 37.7 Å². The Morgan fingerprint density at radius 3 is 2.32 bits per heavy atom. The molecule has 2 atom stereocenters. The number of primary amides is 1. The monoisotopic (exact) mass is 630 g/mol. The number of nitrogens with one attached hydrogen (secondary N) is 2. The summed E-state index contributed by atoms with van der Waals surface area (Å²) in [5.74, 6) is -3.69. The van der Waals surface area contributed by atoms with Gasteiger partial charge in [0, 0.05) is 31.5 Å². The van der Waals surface area contributed by atoms with Gasteiger partial charge in [-0.2, -0.15) is 0 Å². The Labute approximate surface area is 253 Å². The number of carbonyl (C=O) groups excluding carboxylic acids is 3. The first kappa shape index (κ1) is 32.2. The number of amides is 3. The highest BCUT2D eigenvalue weighted by Gasteiger charge is 2.37. The van der Waals surface area contributed by atoms with Crippen molar-refractivity contribution in [2.24, 2.45) is 5.73 Å². The second-order valence-electron chi connectivity index (χ2n) is 10.3. The van der Waals surface area contributed by atoms with Crippen molar-refractivity contribution in [1.82, 2.24) is 4.90 Å². The lowest BCUT2D eigenvalue weighted by atomic mass is 10.00. The summed E-state index contributed by atoms with van der Waals surface area (Å²) in [5, 5.41) is 5.43. The van der Waals surface area contributed by atoms with E-state index in [9.17, 15) is 27.2 Å². The van der Waals surface area contributed by atoms with Crippen LogP contribution in [0.4, 0.5) is 20.2 Å². The number of likely N-dealkylation sites (tertiary alicyclic amines) is 1. The lowest BCUT2D eigenvalue weighted by Gasteiger charge is -2.31. The van der Waals surface area contributed by atoms with Crippen LogP contribution < -0.4 is 25.8 Å². The van der Waals surface area contributed by atoms with Crippen LogP contribution in [0.1, 0.15) is 53.3 Å². The molecule has 234 valence electrons. The van der Waals surface area contributed by atoms with Crippen LogP contribution in [-0.2, 0) is 19.4 Å². The van der Waals surface area contributed by atoms with E-state index in [2.05, 4.69) is 10.6 Å². The average Bonchev–Trinajstić information content (AvgIpc) is 3.45. The van der Waals surface area contributed by atoms with Gasteiger partial charge >= 0.3 is 0 Å². The average molecular weight is 631 g/mol. The van der Waals surface area contributed by atoms with Crippen molar-refractivity contribution in [1.29, 1.82) is 0 Å². The third kappa shape index (κ3) is 6.75. The van der Waals surface area contributed by atoms with Crippen molar-refractivity contribution < 1.29 is 41.1 Å². The smallest absolute Gasteiger partial charge is 0.251 e. The Balaban J connectivity index is 1.84. The van der Waals surface area contributed by atoms with E-state index < -0.39 is 50.9 Å². The SMILES string of the molecule is COc1ccc([C@H](Nc2cc(C(N)=O)c(F)cc2F)C(=O)N2CCC[C@@H]2c2cc(NC(C)=O)ccc2S(C)(=O)=O)cc1OC. The number of rotatable bonds is 10. The molecular weight excluding hydrogens is 598 g/mol. The molecule has 44 heavy (non-hydrogen) atoms. The van der Waals surface area contributed by atoms with Crippen molar-refractivity contribution in [3.05, 3.63) is 76.9 Å². The molecule has 1 heterocycles. The van der Waals surface area contributed by atoms with Crippen LogP contribution in [0.5, 0.6) is 11.5 Å². The fourth-order valence-corrected chi connectivity index (χ4v) is 6.21. The quantitative estimate of drug-likeness (QED) is 0.304. The number of carbonyl (C=O) groups is 3. The first-order chi connectivity index (χ1) is 20.7. The molecule has 1 saturated heterocycles. The zero-order valence-corrected chi connectivity index (χ0v) is 25.3. The highest BCUT2D eigenvalue weighted by molar-refractivity contribution is 7.90. The van der Waals surface area contributed by atoms with Crippen molar-refractivity contribution >= 4 is 38.9 Å². The van der Waals surface area contributed by atoms with Gasteiger partial charge in [0.1, 0.15) is 17.7 Å². The summed E-state index contributed by atoms with van der Waals surface area (Å²) in [5.41, 5.74) is 5.27. The molecule has 1 fully saturated rings. The molecule has 0 radical (unpaired) electrons. The molecule has 0 spiro atoms. The second kappa shape index (κ2) is 12.9. The maximum absolute atomic E-state index is 15.0. The van der Waals surface area contributed by atoms with Crippen LogP contribution >= 0.6 is 0 Å². The summed E-state index contributed by atoms with van der Waals surface area (Å²) < 4.78 is 65.5. The number of benzene rings is 3. The number of nitrogens with zero attached hydrogens (tertiary/aromatic N) is 1. The molecule has 1 aliphatic heterocycles. The van der Waals surface area contributed by atoms with Gasteiger partial charge in [-0.3, -0.25) is 14.4 Å². The van der Waals surface area contributed by atoms with Crippen LogP contribution in [0.2, 0.25) is 0 Å². The van der Waals surface area contributed by atoms with Gasteiger partial charge in [-0.1, -0.05) is 6.07 Å². The molecule has 14 heteroatoms. The third-order valence-corrected chi connectivity index (χ3v) is 8.41. The normalized spacial score (nSPS) is 15.4. The fourth-order valence-electron chi connectivity index (χ4n) is 5.27. The van der Waals surface area contributed by atoms with Crippen molar-refractivity contribution in [3.63, 3.8) is 0 Å². The van der Waals surface area contributed by atoms with E-state index in [0.717, 1.165) is 12.3 Å². The maximum Gasteiger partial charge on any atom is 0.251 e. The molecule has 0 bridgehead atoms. The summed E-state index contributed by atoms with van der Waals surface area (Å²) in [6.07, 6.45) is 1.96. The Morgan fingerprint density at radius 1 is 1.00 bits per heavy atom. The number of sulfone groups is 1. The zero-order valence-electron chi connectivity index (χ0n) is 24.4. The minimum Gasteiger partial charge on any atom is -0.493 e. The number of hydrogen-bond donors (Lipinski definition) is 3. The van der Waals surface area contributed by atoms with Crippen molar-refractivity contribution in [3.8, 4) is 11.5 Å². The van der Waals surface area contributed by atoms with Gasteiger partial charge in [0.15, 0.2) is 21.3 Å². The molecule has 1 aliphatic rings. The molecule has 4 N–H and O–H groups in total. The number of ether oxygens (including phenoxy) is 2. The minimum absolute atomic E-state index is 0.0115. The molecular formula is C30H32F2N4O7S. The summed E-state index contributed by atoms with van der Waals surface area (Å²) in [4.78, 5) is 39.4. The maximum atomic E-state index is 15.0. The van der Waals surface area contributed by atoms with E-state index in [1.54, 1.807) is 12.1 Å². The molecule has 0 unspecified atom stereocenters. The summed E-state index contributed by atoms with van der Waals surface area (Å²) in [6, 6.07) is 8.28. The Kier molecular flexibility index (Phi) is 9.42. The highest BCUT2D eigenvalue weighted by Crippen LogP contribution is 2.40. The van der Waals surface area contributed by atoms with Crippen LogP contribution in [0.15, 0.2) is 53.4 Å². The first-order valence-electron chi connectivity index (χ1n) is 13.4. The topological polar surface area (TPSA) is 157 Å². The number of hydrogen-bond acceptors (Lipinski definition) is 8. The summed E-state index contributed by atoms with van der Waals surface area (Å²) in [7, 11) is -0.921. The van der Waals surface area contributed by atoms with E-state index in [4.69, 9.17) is 15.2 Å². The predicted octanol–water partition coefficient (Wildman–Crippen LogP) is 3.96. The first-order valence-corrected chi connectivity index (χ1v) is 15.3. The van der Waals surface area contributed by atoms with Gasteiger partial charge < -0.3 is 30.7 Å². The van der Waals surface area contributed by atoms with Gasteiger partial charge in [0.25, 0.3) is 5.91 Å². The van der Waals surface area contributed by atoms with Gasteiger partial charge in [-0.05, 0) is 60.4 Å².